The summed E-state index contributed by atoms with van der Waals surface area (Å²) in [5.74, 6) is -2.60. The minimum Gasteiger partial charge on any atom is -0.406 e. The molecular weight excluding hydrogens is 482 g/mol. The molecule has 0 unspecified atom stereocenters. The highest BCUT2D eigenvalue weighted by Gasteiger charge is 2.31. The van der Waals surface area contributed by atoms with E-state index in [0.717, 1.165) is 12.1 Å². The number of benzene rings is 2. The van der Waals surface area contributed by atoms with E-state index >= 15 is 0 Å². The number of amides is 2. The number of aromatic nitrogens is 3. The van der Waals surface area contributed by atoms with E-state index in [9.17, 15) is 27.2 Å². The van der Waals surface area contributed by atoms with Crippen LogP contribution < -0.4 is 15.8 Å². The number of anilines is 1. The molecule has 12 heteroatoms. The minimum absolute atomic E-state index is 0.0756. The number of halogens is 4. The van der Waals surface area contributed by atoms with E-state index in [1.807, 2.05) is 0 Å². The Hall–Kier alpha value is -4.48. The zero-order valence-electron chi connectivity index (χ0n) is 19.0. The standard InChI is InChI=1S/C24H19F4N5O3/c1-12-21(13(2)33(32-12)11-14-6-8-15(9-7-14)36-24(26,27)28)31-23(35)19-10-16(22(29)34)20-17(25)4-3-5-18(20)30-19/h3-10H,11H2,1-2H3,(H2,29,34)(H,31,35). The van der Waals surface area contributed by atoms with Gasteiger partial charge in [0, 0.05) is 5.39 Å². The first-order chi connectivity index (χ1) is 16.9. The molecule has 0 radical (unpaired) electrons. The molecule has 0 spiro atoms. The van der Waals surface area contributed by atoms with Crippen LogP contribution in [0.3, 0.4) is 0 Å². The highest BCUT2D eigenvalue weighted by Crippen LogP contribution is 2.26. The molecule has 2 aromatic carbocycles. The molecule has 3 N–H and O–H groups in total. The lowest BCUT2D eigenvalue weighted by Crippen LogP contribution is -2.18. The van der Waals surface area contributed by atoms with Crippen LogP contribution in [-0.4, -0.2) is 32.9 Å². The first-order valence-corrected chi connectivity index (χ1v) is 10.5. The molecule has 36 heavy (non-hydrogen) atoms. The van der Waals surface area contributed by atoms with Gasteiger partial charge in [0.25, 0.3) is 5.91 Å². The van der Waals surface area contributed by atoms with Gasteiger partial charge in [-0.3, -0.25) is 14.3 Å². The van der Waals surface area contributed by atoms with Crippen LogP contribution >= 0.6 is 0 Å². The van der Waals surface area contributed by atoms with E-state index in [1.165, 1.54) is 36.4 Å². The lowest BCUT2D eigenvalue weighted by Gasteiger charge is -2.11. The second-order valence-electron chi connectivity index (χ2n) is 7.90. The fourth-order valence-corrected chi connectivity index (χ4v) is 3.73. The Kier molecular flexibility index (Phi) is 6.35. The average Bonchev–Trinajstić information content (AvgIpc) is 3.06. The van der Waals surface area contributed by atoms with E-state index in [2.05, 4.69) is 20.1 Å². The number of hydrogen-bond donors (Lipinski definition) is 2. The van der Waals surface area contributed by atoms with Gasteiger partial charge >= 0.3 is 6.36 Å². The largest absolute Gasteiger partial charge is 0.573 e. The maximum Gasteiger partial charge on any atom is 0.573 e. The maximum absolute atomic E-state index is 14.3. The van der Waals surface area contributed by atoms with Gasteiger partial charge in [-0.25, -0.2) is 9.37 Å². The van der Waals surface area contributed by atoms with Gasteiger partial charge in [0.1, 0.15) is 17.3 Å². The van der Waals surface area contributed by atoms with Crippen LogP contribution in [0.5, 0.6) is 5.75 Å². The molecule has 0 saturated carbocycles. The van der Waals surface area contributed by atoms with Gasteiger partial charge in [-0.2, -0.15) is 5.10 Å². The number of pyridine rings is 1. The summed E-state index contributed by atoms with van der Waals surface area (Å²) in [4.78, 5) is 29.0. The van der Waals surface area contributed by atoms with E-state index in [0.29, 0.717) is 22.6 Å². The van der Waals surface area contributed by atoms with Crippen LogP contribution in [0.1, 0.15) is 37.8 Å². The fraction of sp³-hybridized carbons (Fsp3) is 0.167. The van der Waals surface area contributed by atoms with Crippen molar-refractivity contribution in [2.45, 2.75) is 26.8 Å². The topological polar surface area (TPSA) is 112 Å². The Balaban J connectivity index is 1.58. The predicted octanol–water partition coefficient (Wildman–Crippen LogP) is 4.49. The molecule has 2 heterocycles. The predicted molar refractivity (Wildman–Crippen MR) is 122 cm³/mol. The number of nitrogens with one attached hydrogen (secondary N) is 1. The third-order valence-electron chi connectivity index (χ3n) is 5.39. The molecule has 0 bridgehead atoms. The van der Waals surface area contributed by atoms with Crippen molar-refractivity contribution in [2.24, 2.45) is 5.73 Å². The van der Waals surface area contributed by atoms with Gasteiger partial charge in [-0.15, -0.1) is 13.2 Å². The van der Waals surface area contributed by atoms with Crippen molar-refractivity contribution in [2.75, 3.05) is 5.32 Å². The number of rotatable bonds is 6. The number of nitrogens with two attached hydrogens (primary N) is 1. The molecule has 2 amide bonds. The first-order valence-electron chi connectivity index (χ1n) is 10.5. The lowest BCUT2D eigenvalue weighted by molar-refractivity contribution is -0.274. The van der Waals surface area contributed by atoms with Crippen LogP contribution in [0, 0.1) is 19.7 Å². The van der Waals surface area contributed by atoms with Crippen molar-refractivity contribution in [3.05, 3.63) is 82.6 Å². The average molecular weight is 501 g/mol. The van der Waals surface area contributed by atoms with E-state index in [-0.39, 0.29) is 34.5 Å². The monoisotopic (exact) mass is 501 g/mol. The number of primary amides is 1. The van der Waals surface area contributed by atoms with Gasteiger partial charge < -0.3 is 15.8 Å². The third kappa shape index (κ3) is 5.11. The second-order valence-corrected chi connectivity index (χ2v) is 7.90. The molecule has 186 valence electrons. The van der Waals surface area contributed by atoms with Crippen LogP contribution in [0.2, 0.25) is 0 Å². The van der Waals surface area contributed by atoms with Crippen LogP contribution in [-0.2, 0) is 6.54 Å². The molecule has 4 aromatic rings. The summed E-state index contributed by atoms with van der Waals surface area (Å²) < 4.78 is 56.8. The van der Waals surface area contributed by atoms with Crippen molar-refractivity contribution in [1.29, 1.82) is 0 Å². The number of carbonyl (C=O) groups is 2. The first kappa shape index (κ1) is 24.6. The van der Waals surface area contributed by atoms with E-state index < -0.39 is 24.0 Å². The summed E-state index contributed by atoms with van der Waals surface area (Å²) >= 11 is 0. The van der Waals surface area contributed by atoms with Crippen LogP contribution in [0.25, 0.3) is 10.9 Å². The molecule has 2 aromatic heterocycles. The van der Waals surface area contributed by atoms with Gasteiger partial charge in [-0.1, -0.05) is 18.2 Å². The minimum atomic E-state index is -4.78. The molecule has 0 atom stereocenters. The maximum atomic E-state index is 14.3. The Morgan fingerprint density at radius 3 is 2.44 bits per heavy atom. The van der Waals surface area contributed by atoms with E-state index in [1.54, 1.807) is 18.5 Å². The highest BCUT2D eigenvalue weighted by molar-refractivity contribution is 6.10. The summed E-state index contributed by atoms with van der Waals surface area (Å²) in [5, 5.41) is 7.02. The number of hydrogen-bond acceptors (Lipinski definition) is 5. The number of ether oxygens (including phenoxy) is 1. The van der Waals surface area contributed by atoms with Crippen LogP contribution in [0.4, 0.5) is 23.2 Å². The van der Waals surface area contributed by atoms with Crippen molar-refractivity contribution in [3.63, 3.8) is 0 Å². The Morgan fingerprint density at radius 1 is 1.11 bits per heavy atom. The number of alkyl halides is 3. The molecular formula is C24H19F4N5O3. The molecule has 4 rings (SSSR count). The quantitative estimate of drug-likeness (QED) is 0.378. The third-order valence-corrected chi connectivity index (χ3v) is 5.39. The SMILES string of the molecule is Cc1nn(Cc2ccc(OC(F)(F)F)cc2)c(C)c1NC(=O)c1cc(C(N)=O)c2c(F)cccc2n1. The molecule has 0 aliphatic rings. The normalized spacial score (nSPS) is 11.5. The molecule has 0 aliphatic heterocycles. The zero-order valence-corrected chi connectivity index (χ0v) is 19.0. The number of nitrogens with zero attached hydrogens (tertiary/aromatic N) is 3. The molecule has 0 aliphatic carbocycles. The number of carbonyl (C=O) groups excluding carboxylic acids is 2. The number of fused-ring (bicyclic) bond motifs is 1. The fourth-order valence-electron chi connectivity index (χ4n) is 3.73. The second kappa shape index (κ2) is 9.29. The molecule has 8 nitrogen and oxygen atoms in total. The van der Waals surface area contributed by atoms with Gasteiger partial charge in [-0.05, 0) is 49.7 Å². The molecule has 0 fully saturated rings. The lowest BCUT2D eigenvalue weighted by atomic mass is 10.1. The van der Waals surface area contributed by atoms with Gasteiger partial charge in [0.15, 0.2) is 0 Å². The highest BCUT2D eigenvalue weighted by atomic mass is 19.4. The van der Waals surface area contributed by atoms with Gasteiger partial charge in [0.05, 0.1) is 34.7 Å². The Labute approximate surface area is 201 Å². The summed E-state index contributed by atoms with van der Waals surface area (Å²) in [5.41, 5.74) is 7.25. The number of aryl methyl sites for hydroxylation is 1. The van der Waals surface area contributed by atoms with Crippen molar-refractivity contribution in [1.82, 2.24) is 14.8 Å². The van der Waals surface area contributed by atoms with Gasteiger partial charge in [0.2, 0.25) is 5.91 Å². The van der Waals surface area contributed by atoms with Crippen molar-refractivity contribution in [3.8, 4) is 5.75 Å². The van der Waals surface area contributed by atoms with Crippen molar-refractivity contribution < 1.29 is 31.9 Å². The molecule has 0 saturated heterocycles. The summed E-state index contributed by atoms with van der Waals surface area (Å²) in [7, 11) is 0. The smallest absolute Gasteiger partial charge is 0.406 e. The Bertz CT molecular complexity index is 1480. The Morgan fingerprint density at radius 2 is 1.81 bits per heavy atom. The summed E-state index contributed by atoms with van der Waals surface area (Å²) in [6.07, 6.45) is -4.78. The van der Waals surface area contributed by atoms with Crippen molar-refractivity contribution >= 4 is 28.4 Å². The van der Waals surface area contributed by atoms with Crippen LogP contribution in [0.15, 0.2) is 48.5 Å². The summed E-state index contributed by atoms with van der Waals surface area (Å²) in [6, 6.07) is 10.5. The van der Waals surface area contributed by atoms with E-state index in [4.69, 9.17) is 5.73 Å². The zero-order chi connectivity index (χ0) is 26.2. The summed E-state index contributed by atoms with van der Waals surface area (Å²) in [6.45, 7) is 3.58.